The van der Waals surface area contributed by atoms with Gasteiger partial charge in [-0.3, -0.25) is 0 Å². The Hall–Kier alpha value is -1.79. The van der Waals surface area contributed by atoms with Crippen LogP contribution in [-0.4, -0.2) is 36.1 Å². The summed E-state index contributed by atoms with van der Waals surface area (Å²) in [6.45, 7) is 1.83. The molecule has 24 heavy (non-hydrogen) atoms. The van der Waals surface area contributed by atoms with Crippen molar-refractivity contribution in [3.05, 3.63) is 46.6 Å². The Morgan fingerprint density at radius 3 is 2.62 bits per heavy atom. The van der Waals surface area contributed by atoms with Crippen LogP contribution in [0.5, 0.6) is 0 Å². The fourth-order valence-electron chi connectivity index (χ4n) is 2.57. The molecule has 0 radical (unpaired) electrons. The van der Waals surface area contributed by atoms with Crippen LogP contribution in [0.1, 0.15) is 28.8 Å². The molecule has 0 N–H and O–H groups in total. The van der Waals surface area contributed by atoms with Gasteiger partial charge in [0.15, 0.2) is 0 Å². The molecule has 0 unspecified atom stereocenters. The lowest BCUT2D eigenvalue weighted by atomic mass is 10.2. The Balaban J connectivity index is 1.91. The van der Waals surface area contributed by atoms with Gasteiger partial charge in [0.25, 0.3) is 0 Å². The molecule has 1 aromatic heterocycles. The second kappa shape index (κ2) is 7.85. The van der Waals surface area contributed by atoms with Crippen molar-refractivity contribution >= 4 is 35.3 Å². The molecule has 126 valence electrons. The molecule has 0 spiro atoms. The van der Waals surface area contributed by atoms with Crippen LogP contribution in [0.3, 0.4) is 0 Å². The second-order valence-electron chi connectivity index (χ2n) is 5.45. The Labute approximate surface area is 150 Å². The van der Waals surface area contributed by atoms with Crippen LogP contribution in [0, 0.1) is 0 Å². The molecule has 0 bridgehead atoms. The zero-order valence-electron chi connectivity index (χ0n) is 13.4. The molecular formula is C17H18ClN3O2S. The maximum absolute atomic E-state index is 12.1. The lowest BCUT2D eigenvalue weighted by Crippen LogP contribution is -2.22. The number of hydrogen-bond acceptors (Lipinski definition) is 6. The summed E-state index contributed by atoms with van der Waals surface area (Å²) in [5.41, 5.74) is 1.39. The van der Waals surface area contributed by atoms with E-state index < -0.39 is 5.97 Å². The number of esters is 1. The van der Waals surface area contributed by atoms with Crippen molar-refractivity contribution in [2.24, 2.45) is 0 Å². The fraction of sp³-hybridized carbons (Fsp3) is 0.353. The molecular weight excluding hydrogens is 346 g/mol. The zero-order valence-corrected chi connectivity index (χ0v) is 14.9. The summed E-state index contributed by atoms with van der Waals surface area (Å²) in [6, 6.07) is 10.0. The van der Waals surface area contributed by atoms with Gasteiger partial charge in [0, 0.05) is 18.8 Å². The molecule has 1 saturated heterocycles. The van der Waals surface area contributed by atoms with Crippen molar-refractivity contribution in [2.75, 3.05) is 25.1 Å². The van der Waals surface area contributed by atoms with Crippen LogP contribution in [-0.2, 0) is 10.5 Å². The molecule has 2 heterocycles. The third-order valence-corrected chi connectivity index (χ3v) is 5.14. The maximum atomic E-state index is 12.1. The summed E-state index contributed by atoms with van der Waals surface area (Å²) in [7, 11) is 1.33. The number of benzene rings is 1. The van der Waals surface area contributed by atoms with Crippen molar-refractivity contribution in [3.8, 4) is 0 Å². The van der Waals surface area contributed by atoms with Crippen LogP contribution >= 0.6 is 23.4 Å². The number of nitrogens with zero attached hydrogens (tertiary/aromatic N) is 3. The molecule has 2 aromatic rings. The largest absolute Gasteiger partial charge is 0.465 e. The van der Waals surface area contributed by atoms with E-state index in [0.29, 0.717) is 16.7 Å². The molecule has 0 aliphatic carbocycles. The Morgan fingerprint density at radius 1 is 1.25 bits per heavy atom. The predicted molar refractivity (Wildman–Crippen MR) is 95.8 cm³/mol. The minimum Gasteiger partial charge on any atom is -0.465 e. The third kappa shape index (κ3) is 3.82. The van der Waals surface area contributed by atoms with Gasteiger partial charge in [-0.15, -0.1) is 11.8 Å². The molecule has 1 aliphatic rings. The smallest absolute Gasteiger partial charge is 0.343 e. The lowest BCUT2D eigenvalue weighted by molar-refractivity contribution is 0.0595. The second-order valence-corrected chi connectivity index (χ2v) is 6.78. The number of hydrogen-bond donors (Lipinski definition) is 0. The van der Waals surface area contributed by atoms with Crippen LogP contribution in [0.2, 0.25) is 5.15 Å². The average molecular weight is 364 g/mol. The van der Waals surface area contributed by atoms with Gasteiger partial charge in [-0.1, -0.05) is 41.9 Å². The van der Waals surface area contributed by atoms with Gasteiger partial charge in [-0.25, -0.2) is 9.78 Å². The average Bonchev–Trinajstić information content (AvgIpc) is 3.14. The highest BCUT2D eigenvalue weighted by molar-refractivity contribution is 7.98. The standard InChI is InChI=1S/C17H18ClN3O2S/c1-23-16(22)13-14(18)19-17(21-9-5-6-10-21)20-15(13)24-11-12-7-3-2-4-8-12/h2-4,7-8H,5-6,9-11H2,1H3. The van der Waals surface area contributed by atoms with Gasteiger partial charge in [-0.05, 0) is 18.4 Å². The van der Waals surface area contributed by atoms with Crippen molar-refractivity contribution in [2.45, 2.75) is 23.6 Å². The van der Waals surface area contributed by atoms with Crippen LogP contribution in [0.25, 0.3) is 0 Å². The van der Waals surface area contributed by atoms with Gasteiger partial charge in [0.1, 0.15) is 15.7 Å². The topological polar surface area (TPSA) is 55.3 Å². The summed E-state index contributed by atoms with van der Waals surface area (Å²) >= 11 is 7.74. The van der Waals surface area contributed by atoms with Crippen molar-refractivity contribution in [1.82, 2.24) is 9.97 Å². The van der Waals surface area contributed by atoms with Gasteiger partial charge >= 0.3 is 5.97 Å². The summed E-state index contributed by atoms with van der Waals surface area (Å²) in [4.78, 5) is 23.1. The van der Waals surface area contributed by atoms with E-state index in [2.05, 4.69) is 14.9 Å². The zero-order chi connectivity index (χ0) is 16.9. The molecule has 5 nitrogen and oxygen atoms in total. The number of aromatic nitrogens is 2. The van der Waals surface area contributed by atoms with E-state index >= 15 is 0 Å². The van der Waals surface area contributed by atoms with Crippen LogP contribution < -0.4 is 4.90 Å². The highest BCUT2D eigenvalue weighted by atomic mass is 35.5. The number of methoxy groups -OCH3 is 1. The number of anilines is 1. The first-order valence-corrected chi connectivity index (χ1v) is 9.13. The van der Waals surface area contributed by atoms with Crippen LogP contribution in [0.15, 0.2) is 35.4 Å². The number of carbonyl (C=O) groups is 1. The summed E-state index contributed by atoms with van der Waals surface area (Å²) in [5, 5.41) is 0.710. The first-order valence-electron chi connectivity index (χ1n) is 7.76. The first kappa shape index (κ1) is 17.0. The van der Waals surface area contributed by atoms with Gasteiger partial charge in [0.2, 0.25) is 5.95 Å². The Kier molecular flexibility index (Phi) is 5.58. The SMILES string of the molecule is COC(=O)c1c(Cl)nc(N2CCCC2)nc1SCc1ccccc1. The lowest BCUT2D eigenvalue weighted by Gasteiger charge is -2.17. The molecule has 1 aromatic carbocycles. The molecule has 0 atom stereocenters. The molecule has 1 aliphatic heterocycles. The number of carbonyl (C=O) groups excluding carboxylic acids is 1. The van der Waals surface area contributed by atoms with Gasteiger partial charge in [0.05, 0.1) is 7.11 Å². The summed E-state index contributed by atoms with van der Waals surface area (Å²) in [6.07, 6.45) is 2.23. The van der Waals surface area contributed by atoms with Crippen molar-refractivity contribution < 1.29 is 9.53 Å². The first-order chi connectivity index (χ1) is 11.7. The molecule has 1 fully saturated rings. The van der Waals surface area contributed by atoms with Crippen molar-refractivity contribution in [3.63, 3.8) is 0 Å². The number of thioether (sulfide) groups is 1. The van der Waals surface area contributed by atoms with E-state index in [4.69, 9.17) is 16.3 Å². The normalized spacial score (nSPS) is 14.0. The number of ether oxygens (including phenoxy) is 1. The molecule has 0 amide bonds. The van der Waals surface area contributed by atoms with E-state index in [9.17, 15) is 4.79 Å². The quantitative estimate of drug-likeness (QED) is 0.457. The van der Waals surface area contributed by atoms with E-state index in [-0.39, 0.29) is 10.7 Å². The Bertz CT molecular complexity index is 721. The van der Waals surface area contributed by atoms with Crippen LogP contribution in [0.4, 0.5) is 5.95 Å². The monoisotopic (exact) mass is 363 g/mol. The minimum absolute atomic E-state index is 0.148. The summed E-state index contributed by atoms with van der Waals surface area (Å²) in [5.74, 6) is 0.765. The molecule has 3 rings (SSSR count). The van der Waals surface area contributed by atoms with E-state index in [1.807, 2.05) is 30.3 Å². The molecule has 0 saturated carbocycles. The Morgan fingerprint density at radius 2 is 1.96 bits per heavy atom. The van der Waals surface area contributed by atoms with Gasteiger partial charge in [-0.2, -0.15) is 4.98 Å². The summed E-state index contributed by atoms with van der Waals surface area (Å²) < 4.78 is 4.84. The highest BCUT2D eigenvalue weighted by Crippen LogP contribution is 2.31. The minimum atomic E-state index is -0.511. The van der Waals surface area contributed by atoms with Gasteiger partial charge < -0.3 is 9.64 Å². The van der Waals surface area contributed by atoms with E-state index in [1.54, 1.807) is 0 Å². The van der Waals surface area contributed by atoms with E-state index in [0.717, 1.165) is 31.5 Å². The molecule has 7 heteroatoms. The number of rotatable bonds is 5. The highest BCUT2D eigenvalue weighted by Gasteiger charge is 2.24. The van der Waals surface area contributed by atoms with E-state index in [1.165, 1.54) is 18.9 Å². The predicted octanol–water partition coefficient (Wildman–Crippen LogP) is 3.81. The maximum Gasteiger partial charge on any atom is 0.343 e. The third-order valence-electron chi connectivity index (χ3n) is 3.82. The fourth-order valence-corrected chi connectivity index (χ4v) is 3.83. The van der Waals surface area contributed by atoms with Crippen molar-refractivity contribution in [1.29, 1.82) is 0 Å². The number of halogens is 1.